The molecule has 0 aromatic heterocycles. The molecule has 0 heterocycles. The van der Waals surface area contributed by atoms with E-state index in [-0.39, 0.29) is 11.1 Å². The van der Waals surface area contributed by atoms with E-state index >= 15 is 0 Å². The Kier molecular flexibility index (Phi) is 11.3. The van der Waals surface area contributed by atoms with Crippen LogP contribution in [0.2, 0.25) is 0 Å². The van der Waals surface area contributed by atoms with E-state index in [2.05, 4.69) is 0 Å². The topological polar surface area (TPSA) is 110 Å². The van der Waals surface area contributed by atoms with E-state index in [1.807, 2.05) is 19.4 Å². The number of rotatable bonds is 2. The summed E-state index contributed by atoms with van der Waals surface area (Å²) < 4.78 is 0. The lowest BCUT2D eigenvalue weighted by molar-refractivity contribution is -0.597. The molecule has 0 aliphatic carbocycles. The van der Waals surface area contributed by atoms with Crippen molar-refractivity contribution in [2.75, 3.05) is 14.1 Å². The Balaban J connectivity index is 0. The molecule has 0 radical (unpaired) electrons. The maximum Gasteiger partial charge on any atom is 0.129 e. The molecule has 0 aromatic rings. The molecule has 17 heavy (non-hydrogen) atoms. The molecule has 5 nitrogen and oxygen atoms in total. The lowest BCUT2D eigenvalue weighted by Crippen LogP contribution is -2.74. The predicted molar refractivity (Wildman–Crippen MR) is 64.3 cm³/mol. The van der Waals surface area contributed by atoms with E-state index in [4.69, 9.17) is 21.2 Å². The Morgan fingerprint density at radius 1 is 1.06 bits per heavy atom. The monoisotopic (exact) mass is 227 g/mol. The van der Waals surface area contributed by atoms with Gasteiger partial charge in [0.15, 0.2) is 0 Å². The third kappa shape index (κ3) is 9.66. The fourth-order valence-electron chi connectivity index (χ4n) is 0.676. The molecule has 0 aromatic carbocycles. The summed E-state index contributed by atoms with van der Waals surface area (Å²) in [4.78, 5) is 0. The largest absolute Gasteiger partial charge is 0.762 e. The smallest absolute Gasteiger partial charge is 0.129 e. The van der Waals surface area contributed by atoms with Crippen LogP contribution >= 0.6 is 0 Å². The second-order valence-electron chi connectivity index (χ2n) is 2.88. The van der Waals surface area contributed by atoms with Gasteiger partial charge in [0.1, 0.15) is 23.8 Å². The number of hydrogen-bond donors (Lipinski definition) is 1. The number of quaternary nitrogens is 1. The van der Waals surface area contributed by atoms with Crippen LogP contribution in [0.25, 0.3) is 5.41 Å². The van der Waals surface area contributed by atoms with Gasteiger partial charge in [-0.15, -0.1) is 0 Å². The maximum absolute atomic E-state index is 8.42. The molecule has 86 valence electrons. The van der Waals surface area contributed by atoms with Crippen molar-refractivity contribution in [3.05, 3.63) is 34.3 Å². The van der Waals surface area contributed by atoms with Crippen molar-refractivity contribution in [2.24, 2.45) is 0 Å². The molecule has 0 aliphatic heterocycles. The Hall–Kier alpha value is -2.64. The van der Waals surface area contributed by atoms with Crippen molar-refractivity contribution in [1.29, 1.82) is 15.8 Å². The first-order valence-corrected chi connectivity index (χ1v) is 4.70. The second-order valence-corrected chi connectivity index (χ2v) is 2.88. The van der Waals surface area contributed by atoms with E-state index < -0.39 is 0 Å². The van der Waals surface area contributed by atoms with E-state index in [0.717, 1.165) is 0 Å². The molecule has 0 atom stereocenters. The van der Waals surface area contributed by atoms with E-state index in [1.54, 1.807) is 31.0 Å². The zero-order valence-electron chi connectivity index (χ0n) is 10.0. The fraction of sp³-hybridized carbons (Fsp3) is 0.250. The SMILES string of the molecule is C/C(C=C(C#N)C#N)=C\C(=C=[N-])C#N.C[NH2+]C. The standard InChI is InChI=1S/C10H5N4.C2H7N/c1-8(2-9(4-11)5-12)3-10(6-13)7-14;1-3-2/h2-3H,1H3;3H,1-2H3/q-1;/p+1/b8-2+;. The summed E-state index contributed by atoms with van der Waals surface area (Å²) in [6.07, 6.45) is 2.63. The van der Waals surface area contributed by atoms with Gasteiger partial charge in [0.2, 0.25) is 0 Å². The van der Waals surface area contributed by atoms with Crippen LogP contribution in [0.3, 0.4) is 0 Å². The highest BCUT2D eigenvalue weighted by Gasteiger charge is 1.93. The van der Waals surface area contributed by atoms with Gasteiger partial charge >= 0.3 is 0 Å². The van der Waals surface area contributed by atoms with Crippen LogP contribution in [0.15, 0.2) is 28.9 Å². The average molecular weight is 227 g/mol. The van der Waals surface area contributed by atoms with Gasteiger partial charge in [-0.1, -0.05) is 0 Å². The molecule has 0 saturated heterocycles. The summed E-state index contributed by atoms with van der Waals surface area (Å²) in [6, 6.07) is 5.03. The Morgan fingerprint density at radius 2 is 1.53 bits per heavy atom. The van der Waals surface area contributed by atoms with Gasteiger partial charge in [0.05, 0.1) is 19.7 Å². The first-order valence-electron chi connectivity index (χ1n) is 4.70. The summed E-state index contributed by atoms with van der Waals surface area (Å²) in [6.45, 7) is 1.60. The summed E-state index contributed by atoms with van der Waals surface area (Å²) in [5.74, 6) is 1.68. The van der Waals surface area contributed by atoms with E-state index in [9.17, 15) is 0 Å². The number of nitrogens with two attached hydrogens (primary N) is 1. The molecule has 0 amide bonds. The van der Waals surface area contributed by atoms with Gasteiger partial charge in [-0.05, 0) is 24.6 Å². The number of nitrogens with zero attached hydrogens (tertiary/aromatic N) is 4. The van der Waals surface area contributed by atoms with Crippen molar-refractivity contribution in [1.82, 2.24) is 0 Å². The zero-order valence-corrected chi connectivity index (χ0v) is 10.0. The van der Waals surface area contributed by atoms with Gasteiger partial charge in [0.25, 0.3) is 0 Å². The zero-order chi connectivity index (χ0) is 13.7. The van der Waals surface area contributed by atoms with Gasteiger partial charge in [0, 0.05) is 0 Å². The minimum Gasteiger partial charge on any atom is -0.762 e. The van der Waals surface area contributed by atoms with Gasteiger partial charge < -0.3 is 10.7 Å². The highest BCUT2D eigenvalue weighted by atomic mass is 14.7. The molecule has 0 fully saturated rings. The molecule has 0 unspecified atom stereocenters. The lowest BCUT2D eigenvalue weighted by atomic mass is 10.1. The van der Waals surface area contributed by atoms with Crippen molar-refractivity contribution in [3.8, 4) is 18.2 Å². The first kappa shape index (κ1) is 16.8. The molecule has 0 bridgehead atoms. The van der Waals surface area contributed by atoms with Crippen molar-refractivity contribution in [3.63, 3.8) is 0 Å². The molecule has 2 N–H and O–H groups in total. The number of hydrogen-bond acceptors (Lipinski definition) is 3. The minimum absolute atomic E-state index is 0.0611. The van der Waals surface area contributed by atoms with Crippen LogP contribution in [0.5, 0.6) is 0 Å². The minimum atomic E-state index is -0.0611. The van der Waals surface area contributed by atoms with Crippen LogP contribution in [0, 0.1) is 34.0 Å². The summed E-state index contributed by atoms with van der Waals surface area (Å²) in [7, 11) is 4.00. The van der Waals surface area contributed by atoms with Crippen LogP contribution in [-0.2, 0) is 0 Å². The molecule has 0 rings (SSSR count). The molecular formula is C12H13N5. The first-order chi connectivity index (χ1) is 8.09. The fourth-order valence-corrected chi connectivity index (χ4v) is 0.676. The Bertz CT molecular complexity index is 454. The van der Waals surface area contributed by atoms with Crippen molar-refractivity contribution < 1.29 is 5.32 Å². The van der Waals surface area contributed by atoms with Crippen LogP contribution < -0.4 is 5.32 Å². The summed E-state index contributed by atoms with van der Waals surface area (Å²) in [5, 5.41) is 35.7. The third-order valence-electron chi connectivity index (χ3n) is 1.23. The third-order valence-corrected chi connectivity index (χ3v) is 1.23. The average Bonchev–Trinajstić information content (AvgIpc) is 2.34. The molecule has 0 saturated carbocycles. The van der Waals surface area contributed by atoms with Crippen LogP contribution in [-0.4, -0.2) is 20.0 Å². The molecular weight excluding hydrogens is 214 g/mol. The molecule has 0 spiro atoms. The van der Waals surface area contributed by atoms with Gasteiger partial charge in [-0.2, -0.15) is 15.8 Å². The molecule has 5 heteroatoms. The normalized spacial score (nSPS) is 8.12. The van der Waals surface area contributed by atoms with E-state index in [0.29, 0.717) is 5.57 Å². The van der Waals surface area contributed by atoms with Gasteiger partial charge in [-0.25, -0.2) is 0 Å². The van der Waals surface area contributed by atoms with Crippen molar-refractivity contribution >= 4 is 5.87 Å². The van der Waals surface area contributed by atoms with Crippen LogP contribution in [0.4, 0.5) is 0 Å². The highest BCUT2D eigenvalue weighted by molar-refractivity contribution is 5.70. The maximum atomic E-state index is 8.42. The lowest BCUT2D eigenvalue weighted by Gasteiger charge is -1.90. The predicted octanol–water partition coefficient (Wildman–Crippen LogP) is 0.405. The van der Waals surface area contributed by atoms with Gasteiger partial charge in [-0.3, -0.25) is 5.87 Å². The Labute approximate surface area is 101 Å². The second kappa shape index (κ2) is 11.4. The number of allylic oxidation sites excluding steroid dienone is 5. The van der Waals surface area contributed by atoms with Crippen molar-refractivity contribution in [2.45, 2.75) is 6.92 Å². The van der Waals surface area contributed by atoms with E-state index in [1.165, 1.54) is 12.2 Å². The Morgan fingerprint density at radius 3 is 1.82 bits per heavy atom. The highest BCUT2D eigenvalue weighted by Crippen LogP contribution is 2.03. The summed E-state index contributed by atoms with van der Waals surface area (Å²) in [5.41, 5.74) is 0.393. The molecule has 0 aliphatic rings. The summed E-state index contributed by atoms with van der Waals surface area (Å²) >= 11 is 0. The van der Waals surface area contributed by atoms with Crippen LogP contribution in [0.1, 0.15) is 6.92 Å². The number of nitriles is 3. The quantitative estimate of drug-likeness (QED) is 0.419.